The summed E-state index contributed by atoms with van der Waals surface area (Å²) in [4.78, 5) is 39.3. The highest BCUT2D eigenvalue weighted by Crippen LogP contribution is 2.14. The zero-order valence-electron chi connectivity index (χ0n) is 15.9. The first-order valence-corrected chi connectivity index (χ1v) is 8.74. The minimum absolute atomic E-state index is 0.0997. The third-order valence-corrected chi connectivity index (χ3v) is 3.84. The van der Waals surface area contributed by atoms with E-state index >= 15 is 0 Å². The summed E-state index contributed by atoms with van der Waals surface area (Å²) in [6.07, 6.45) is -0.0285. The first kappa shape index (κ1) is 21.2. The second-order valence-electron chi connectivity index (χ2n) is 7.26. The van der Waals surface area contributed by atoms with Crippen molar-refractivity contribution < 1.29 is 23.9 Å². The van der Waals surface area contributed by atoms with Crippen molar-refractivity contribution in [3.8, 4) is 0 Å². The Bertz CT molecular complexity index is 489. The van der Waals surface area contributed by atoms with Crippen LogP contribution in [0.4, 0.5) is 4.79 Å². The monoisotopic (exact) mass is 357 g/mol. The standard InChI is InChI=1S/C17H31N3O5/c1-6-24-16(23)20-10-9-19(11-12(20)2)15(22)13(18)7-8-14(21)25-17(3,4)5/h12-13H,6-11,18H2,1-5H3/t12-,13-/m0/s1. The number of nitrogens with zero attached hydrogens (tertiary/aromatic N) is 2. The van der Waals surface area contributed by atoms with E-state index < -0.39 is 11.6 Å². The Kier molecular flexibility index (Phi) is 7.66. The van der Waals surface area contributed by atoms with Gasteiger partial charge in [0, 0.05) is 32.1 Å². The highest BCUT2D eigenvalue weighted by Gasteiger charge is 2.32. The molecule has 1 aliphatic rings. The summed E-state index contributed by atoms with van der Waals surface area (Å²) in [7, 11) is 0. The van der Waals surface area contributed by atoms with Crippen LogP contribution < -0.4 is 5.73 Å². The molecule has 0 saturated carbocycles. The Morgan fingerprint density at radius 1 is 1.24 bits per heavy atom. The molecule has 1 heterocycles. The third kappa shape index (κ3) is 6.89. The topological polar surface area (TPSA) is 102 Å². The van der Waals surface area contributed by atoms with E-state index in [0.717, 1.165) is 0 Å². The van der Waals surface area contributed by atoms with Gasteiger partial charge >= 0.3 is 12.1 Å². The van der Waals surface area contributed by atoms with Crippen molar-refractivity contribution in [2.75, 3.05) is 26.2 Å². The number of carbonyl (C=O) groups excluding carboxylic acids is 3. The fraction of sp³-hybridized carbons (Fsp3) is 0.824. The highest BCUT2D eigenvalue weighted by molar-refractivity contribution is 5.83. The molecule has 1 rings (SSSR count). The van der Waals surface area contributed by atoms with Crippen molar-refractivity contribution in [3.05, 3.63) is 0 Å². The number of esters is 1. The predicted octanol–water partition coefficient (Wildman–Crippen LogP) is 1.12. The summed E-state index contributed by atoms with van der Waals surface area (Å²) in [5.74, 6) is -0.574. The molecule has 25 heavy (non-hydrogen) atoms. The Labute approximate surface area is 149 Å². The second kappa shape index (κ2) is 9.03. The molecule has 2 amide bonds. The van der Waals surface area contributed by atoms with Gasteiger partial charge in [-0.2, -0.15) is 0 Å². The van der Waals surface area contributed by atoms with E-state index in [4.69, 9.17) is 15.2 Å². The number of nitrogens with two attached hydrogens (primary N) is 1. The number of ether oxygens (including phenoxy) is 2. The van der Waals surface area contributed by atoms with E-state index in [0.29, 0.717) is 26.2 Å². The smallest absolute Gasteiger partial charge is 0.410 e. The maximum absolute atomic E-state index is 12.5. The van der Waals surface area contributed by atoms with Crippen molar-refractivity contribution in [1.29, 1.82) is 0 Å². The summed E-state index contributed by atoms with van der Waals surface area (Å²) in [6, 6.07) is -0.899. The molecule has 0 aromatic carbocycles. The summed E-state index contributed by atoms with van der Waals surface area (Å²) in [6.45, 7) is 10.5. The Hall–Kier alpha value is -1.83. The molecule has 0 spiro atoms. The largest absolute Gasteiger partial charge is 0.460 e. The van der Waals surface area contributed by atoms with Crippen LogP contribution in [-0.2, 0) is 19.1 Å². The van der Waals surface area contributed by atoms with Crippen LogP contribution in [0.5, 0.6) is 0 Å². The Morgan fingerprint density at radius 3 is 2.40 bits per heavy atom. The van der Waals surface area contributed by atoms with Crippen LogP contribution in [0.15, 0.2) is 0 Å². The average molecular weight is 357 g/mol. The maximum Gasteiger partial charge on any atom is 0.410 e. The molecular weight excluding hydrogens is 326 g/mol. The first-order chi connectivity index (χ1) is 11.5. The van der Waals surface area contributed by atoms with Crippen LogP contribution >= 0.6 is 0 Å². The van der Waals surface area contributed by atoms with Gasteiger partial charge in [-0.15, -0.1) is 0 Å². The quantitative estimate of drug-likeness (QED) is 0.740. The van der Waals surface area contributed by atoms with Gasteiger partial charge in [-0.1, -0.05) is 0 Å². The minimum Gasteiger partial charge on any atom is -0.460 e. The highest BCUT2D eigenvalue weighted by atomic mass is 16.6. The van der Waals surface area contributed by atoms with Crippen LogP contribution in [0.3, 0.4) is 0 Å². The zero-order chi connectivity index (χ0) is 19.2. The Morgan fingerprint density at radius 2 is 1.88 bits per heavy atom. The van der Waals surface area contributed by atoms with Crippen LogP contribution in [-0.4, -0.2) is 71.7 Å². The van der Waals surface area contributed by atoms with E-state index in [2.05, 4.69) is 0 Å². The van der Waals surface area contributed by atoms with E-state index in [1.54, 1.807) is 37.5 Å². The number of hydrogen-bond donors (Lipinski definition) is 1. The third-order valence-electron chi connectivity index (χ3n) is 3.84. The van der Waals surface area contributed by atoms with Crippen molar-refractivity contribution in [1.82, 2.24) is 9.80 Å². The zero-order valence-corrected chi connectivity index (χ0v) is 15.9. The van der Waals surface area contributed by atoms with Gasteiger partial charge in [-0.3, -0.25) is 9.59 Å². The molecule has 144 valence electrons. The van der Waals surface area contributed by atoms with Gasteiger partial charge in [0.2, 0.25) is 5.91 Å². The van der Waals surface area contributed by atoms with E-state index in [1.165, 1.54) is 0 Å². The summed E-state index contributed by atoms with van der Waals surface area (Å²) in [5, 5.41) is 0. The van der Waals surface area contributed by atoms with E-state index in [9.17, 15) is 14.4 Å². The molecule has 1 saturated heterocycles. The maximum atomic E-state index is 12.5. The number of piperazine rings is 1. The molecule has 0 aromatic rings. The molecule has 8 nitrogen and oxygen atoms in total. The molecule has 0 aliphatic carbocycles. The van der Waals surface area contributed by atoms with Crippen LogP contribution in [0, 0.1) is 0 Å². The number of rotatable bonds is 5. The second-order valence-corrected chi connectivity index (χ2v) is 7.26. The number of hydrogen-bond acceptors (Lipinski definition) is 6. The van der Waals surface area contributed by atoms with Gasteiger partial charge in [0.05, 0.1) is 12.6 Å². The van der Waals surface area contributed by atoms with Gasteiger partial charge < -0.3 is 25.0 Å². The first-order valence-electron chi connectivity index (χ1n) is 8.74. The molecule has 1 fully saturated rings. The molecule has 0 unspecified atom stereocenters. The molecule has 2 atom stereocenters. The minimum atomic E-state index is -0.756. The van der Waals surface area contributed by atoms with Crippen molar-refractivity contribution >= 4 is 18.0 Å². The predicted molar refractivity (Wildman–Crippen MR) is 92.8 cm³/mol. The van der Waals surface area contributed by atoms with Crippen LogP contribution in [0.25, 0.3) is 0 Å². The van der Waals surface area contributed by atoms with Crippen LogP contribution in [0.1, 0.15) is 47.5 Å². The molecule has 0 bridgehead atoms. The SMILES string of the molecule is CCOC(=O)N1CCN(C(=O)[C@@H](N)CCC(=O)OC(C)(C)C)C[C@@H]1C. The molecule has 1 aliphatic heterocycles. The molecule has 0 aromatic heterocycles. The summed E-state index contributed by atoms with van der Waals surface area (Å²) >= 11 is 0. The molecule has 8 heteroatoms. The lowest BCUT2D eigenvalue weighted by molar-refractivity contribution is -0.155. The van der Waals surface area contributed by atoms with Gasteiger partial charge in [0.15, 0.2) is 0 Å². The van der Waals surface area contributed by atoms with Crippen molar-refractivity contribution in [2.24, 2.45) is 5.73 Å². The fourth-order valence-electron chi connectivity index (χ4n) is 2.66. The van der Waals surface area contributed by atoms with Crippen LogP contribution in [0.2, 0.25) is 0 Å². The number of amides is 2. The van der Waals surface area contributed by atoms with E-state index in [-0.39, 0.29) is 36.9 Å². The lowest BCUT2D eigenvalue weighted by atomic mass is 10.1. The molecule has 2 N–H and O–H groups in total. The van der Waals surface area contributed by atoms with Crippen molar-refractivity contribution in [2.45, 2.75) is 65.1 Å². The van der Waals surface area contributed by atoms with Gasteiger partial charge in [0.25, 0.3) is 0 Å². The summed E-state index contributed by atoms with van der Waals surface area (Å²) in [5.41, 5.74) is 5.39. The lowest BCUT2D eigenvalue weighted by Crippen LogP contribution is -2.58. The fourth-order valence-corrected chi connectivity index (χ4v) is 2.66. The van der Waals surface area contributed by atoms with E-state index in [1.807, 2.05) is 6.92 Å². The average Bonchev–Trinajstić information content (AvgIpc) is 2.50. The Balaban J connectivity index is 2.47. The summed E-state index contributed by atoms with van der Waals surface area (Å²) < 4.78 is 10.2. The van der Waals surface area contributed by atoms with Gasteiger partial charge in [-0.05, 0) is 41.0 Å². The normalized spacial score (nSPS) is 19.4. The lowest BCUT2D eigenvalue weighted by Gasteiger charge is -2.39. The number of carbonyl (C=O) groups is 3. The molecular formula is C17H31N3O5. The van der Waals surface area contributed by atoms with Crippen molar-refractivity contribution in [3.63, 3.8) is 0 Å². The van der Waals surface area contributed by atoms with Gasteiger partial charge in [0.1, 0.15) is 5.60 Å². The molecule has 0 radical (unpaired) electrons. The van der Waals surface area contributed by atoms with Gasteiger partial charge in [-0.25, -0.2) is 4.79 Å².